The van der Waals surface area contributed by atoms with E-state index in [2.05, 4.69) is 0 Å². The minimum absolute atomic E-state index is 0.167. The summed E-state index contributed by atoms with van der Waals surface area (Å²) in [5, 5.41) is 9.87. The largest absolute Gasteiger partial charge is 0.444 e. The lowest BCUT2D eigenvalue weighted by atomic mass is 9.98. The van der Waals surface area contributed by atoms with Crippen LogP contribution in [0.2, 0.25) is 0 Å². The third-order valence-corrected chi connectivity index (χ3v) is 3.96. The van der Waals surface area contributed by atoms with Crippen molar-refractivity contribution in [1.82, 2.24) is 4.90 Å². The van der Waals surface area contributed by atoms with Gasteiger partial charge >= 0.3 is 6.09 Å². The van der Waals surface area contributed by atoms with Crippen molar-refractivity contribution >= 4 is 6.09 Å². The second-order valence-corrected chi connectivity index (χ2v) is 6.39. The first kappa shape index (κ1) is 12.7. The molecule has 0 aromatic heterocycles. The number of hydrogen-bond acceptors (Lipinski definition) is 3. The fourth-order valence-corrected chi connectivity index (χ4v) is 3.32. The Labute approximate surface area is 103 Å². The fourth-order valence-electron chi connectivity index (χ4n) is 3.32. The molecule has 0 spiro atoms. The molecule has 2 saturated carbocycles. The Morgan fingerprint density at radius 2 is 2.00 bits per heavy atom. The molecule has 0 saturated heterocycles. The lowest BCUT2D eigenvalue weighted by Gasteiger charge is -2.31. The predicted molar refractivity (Wildman–Crippen MR) is 64.6 cm³/mol. The Balaban J connectivity index is 2.01. The van der Waals surface area contributed by atoms with Crippen LogP contribution in [0.5, 0.6) is 0 Å². The van der Waals surface area contributed by atoms with Crippen molar-refractivity contribution in [3.05, 3.63) is 0 Å². The highest BCUT2D eigenvalue weighted by Crippen LogP contribution is 2.47. The van der Waals surface area contributed by atoms with Crippen molar-refractivity contribution in [1.29, 1.82) is 0 Å². The van der Waals surface area contributed by atoms with E-state index in [-0.39, 0.29) is 24.2 Å². The minimum atomic E-state index is -0.457. The van der Waals surface area contributed by atoms with Crippen LogP contribution in [0.3, 0.4) is 0 Å². The molecule has 17 heavy (non-hydrogen) atoms. The van der Waals surface area contributed by atoms with Crippen molar-refractivity contribution in [2.24, 2.45) is 11.8 Å². The maximum atomic E-state index is 12.0. The van der Waals surface area contributed by atoms with Gasteiger partial charge in [0.25, 0.3) is 0 Å². The summed E-state index contributed by atoms with van der Waals surface area (Å²) < 4.78 is 5.38. The van der Waals surface area contributed by atoms with Crippen LogP contribution in [0.25, 0.3) is 0 Å². The molecule has 2 aliphatic rings. The summed E-state index contributed by atoms with van der Waals surface area (Å²) in [6, 6.07) is 0.167. The van der Waals surface area contributed by atoms with Gasteiger partial charge in [-0.1, -0.05) is 0 Å². The number of fused-ring (bicyclic) bond motifs is 2. The van der Waals surface area contributed by atoms with Crippen molar-refractivity contribution in [3.8, 4) is 0 Å². The highest BCUT2D eigenvalue weighted by Gasteiger charge is 2.50. The molecule has 4 heteroatoms. The topological polar surface area (TPSA) is 49.8 Å². The summed E-state index contributed by atoms with van der Waals surface area (Å²) in [5.74, 6) is 0.699. The number of aliphatic hydroxyl groups excluding tert-OH is 1. The van der Waals surface area contributed by atoms with Crippen LogP contribution in [0.15, 0.2) is 0 Å². The van der Waals surface area contributed by atoms with Crippen molar-refractivity contribution in [2.45, 2.75) is 57.8 Å². The smallest absolute Gasteiger partial charge is 0.410 e. The average molecular weight is 241 g/mol. The monoisotopic (exact) mass is 241 g/mol. The summed E-state index contributed by atoms with van der Waals surface area (Å²) >= 11 is 0. The van der Waals surface area contributed by atoms with Gasteiger partial charge in [-0.2, -0.15) is 0 Å². The van der Waals surface area contributed by atoms with Crippen molar-refractivity contribution in [2.75, 3.05) is 7.05 Å². The van der Waals surface area contributed by atoms with Gasteiger partial charge in [-0.3, -0.25) is 0 Å². The summed E-state index contributed by atoms with van der Waals surface area (Å²) in [7, 11) is 1.79. The first-order valence-corrected chi connectivity index (χ1v) is 6.43. The van der Waals surface area contributed by atoms with Gasteiger partial charge in [-0.15, -0.1) is 0 Å². The van der Waals surface area contributed by atoms with E-state index in [1.807, 2.05) is 20.8 Å². The molecule has 0 aliphatic heterocycles. The molecule has 1 amide bonds. The number of carbonyl (C=O) groups excluding carboxylic acids is 1. The Kier molecular flexibility index (Phi) is 3.10. The van der Waals surface area contributed by atoms with Crippen LogP contribution < -0.4 is 0 Å². The van der Waals surface area contributed by atoms with Gasteiger partial charge in [0.05, 0.1) is 6.10 Å². The number of rotatable bonds is 1. The molecule has 2 fully saturated rings. The van der Waals surface area contributed by atoms with E-state index in [9.17, 15) is 9.90 Å². The molecule has 0 aromatic rings. The van der Waals surface area contributed by atoms with Gasteiger partial charge in [-0.25, -0.2) is 4.79 Å². The van der Waals surface area contributed by atoms with E-state index in [0.717, 1.165) is 19.3 Å². The molecule has 2 bridgehead atoms. The second kappa shape index (κ2) is 4.16. The molecule has 2 rings (SSSR count). The van der Waals surface area contributed by atoms with Crippen LogP contribution in [-0.2, 0) is 4.74 Å². The number of nitrogens with zero attached hydrogens (tertiary/aromatic N) is 1. The molecule has 98 valence electrons. The normalized spacial score (nSPS) is 36.1. The summed E-state index contributed by atoms with van der Waals surface area (Å²) in [6.45, 7) is 5.62. The molecular formula is C13H23NO3. The Hall–Kier alpha value is -0.770. The van der Waals surface area contributed by atoms with Crippen molar-refractivity contribution < 1.29 is 14.6 Å². The number of amides is 1. The van der Waals surface area contributed by atoms with E-state index < -0.39 is 5.60 Å². The molecule has 4 atom stereocenters. The zero-order chi connectivity index (χ0) is 12.8. The van der Waals surface area contributed by atoms with E-state index in [4.69, 9.17) is 4.74 Å². The van der Waals surface area contributed by atoms with Crippen molar-refractivity contribution in [3.63, 3.8) is 0 Å². The summed E-state index contributed by atoms with van der Waals surface area (Å²) in [4.78, 5) is 13.7. The number of ether oxygens (including phenoxy) is 1. The Bertz CT molecular complexity index is 310. The van der Waals surface area contributed by atoms with E-state index in [1.54, 1.807) is 11.9 Å². The van der Waals surface area contributed by atoms with Crippen LogP contribution in [0.4, 0.5) is 4.79 Å². The van der Waals surface area contributed by atoms with E-state index in [1.165, 1.54) is 0 Å². The van der Waals surface area contributed by atoms with Gasteiger partial charge in [0.2, 0.25) is 0 Å². The average Bonchev–Trinajstić information content (AvgIpc) is 2.69. The maximum Gasteiger partial charge on any atom is 0.410 e. The standard InChI is InChI=1S/C13H23NO3/c1-13(2,3)17-12(16)14(4)11-8-5-6-9(11)10(15)7-8/h8-11,15H,5-7H2,1-4H3/t8-,9-,10-,11+/m1/s1. The van der Waals surface area contributed by atoms with E-state index >= 15 is 0 Å². The molecule has 0 heterocycles. The number of aliphatic hydroxyl groups is 1. The molecule has 1 N–H and O–H groups in total. The number of hydrogen-bond donors (Lipinski definition) is 1. The maximum absolute atomic E-state index is 12.0. The Morgan fingerprint density at radius 1 is 1.35 bits per heavy atom. The van der Waals surface area contributed by atoms with Gasteiger partial charge in [0, 0.05) is 19.0 Å². The lowest BCUT2D eigenvalue weighted by Crippen LogP contribution is -2.43. The van der Waals surface area contributed by atoms with E-state index in [0.29, 0.717) is 5.92 Å². The SMILES string of the molecule is CN(C(=O)OC(C)(C)C)[C@H]1[C@@H]2CC[C@@H]1[C@H](O)C2. The fraction of sp³-hybridized carbons (Fsp3) is 0.923. The zero-order valence-corrected chi connectivity index (χ0v) is 11.1. The summed E-state index contributed by atoms with van der Waals surface area (Å²) in [5.41, 5.74) is -0.457. The Morgan fingerprint density at radius 3 is 2.41 bits per heavy atom. The zero-order valence-electron chi connectivity index (χ0n) is 11.1. The third kappa shape index (κ3) is 2.41. The number of carbonyl (C=O) groups is 1. The van der Waals surface area contributed by atoms with Crippen LogP contribution in [0, 0.1) is 11.8 Å². The molecule has 4 nitrogen and oxygen atoms in total. The first-order chi connectivity index (χ1) is 7.79. The van der Waals surface area contributed by atoms with Crippen LogP contribution >= 0.6 is 0 Å². The lowest BCUT2D eigenvalue weighted by molar-refractivity contribution is 0.0152. The first-order valence-electron chi connectivity index (χ1n) is 6.43. The summed E-state index contributed by atoms with van der Waals surface area (Å²) in [6.07, 6.45) is 2.49. The predicted octanol–water partition coefficient (Wildman–Crippen LogP) is 2.01. The molecule has 0 aromatic carbocycles. The molecule has 0 unspecified atom stereocenters. The third-order valence-electron chi connectivity index (χ3n) is 3.96. The highest BCUT2D eigenvalue weighted by molar-refractivity contribution is 5.68. The molecule has 2 aliphatic carbocycles. The van der Waals surface area contributed by atoms with Crippen LogP contribution in [0.1, 0.15) is 40.0 Å². The molecular weight excluding hydrogens is 218 g/mol. The minimum Gasteiger partial charge on any atom is -0.444 e. The quantitative estimate of drug-likeness (QED) is 0.764. The van der Waals surface area contributed by atoms with Crippen LogP contribution in [-0.4, -0.2) is 40.9 Å². The highest BCUT2D eigenvalue weighted by atomic mass is 16.6. The second-order valence-electron chi connectivity index (χ2n) is 6.39. The van der Waals surface area contributed by atoms with Gasteiger partial charge in [0.1, 0.15) is 5.60 Å². The molecule has 0 radical (unpaired) electrons. The van der Waals surface area contributed by atoms with Gasteiger partial charge < -0.3 is 14.7 Å². The van der Waals surface area contributed by atoms with Gasteiger partial charge in [0.15, 0.2) is 0 Å². The van der Waals surface area contributed by atoms with Gasteiger partial charge in [-0.05, 0) is 46.0 Å².